The Morgan fingerprint density at radius 2 is 1.79 bits per heavy atom. The first kappa shape index (κ1) is 21.3. The summed E-state index contributed by atoms with van der Waals surface area (Å²) in [6.07, 6.45) is 0. The normalized spacial score (nSPS) is 17.0. The molecule has 2 aromatic carbocycles. The molecule has 0 aliphatic carbocycles. The molecule has 7 nitrogen and oxygen atoms in total. The van der Waals surface area contributed by atoms with Crippen molar-refractivity contribution in [3.63, 3.8) is 0 Å². The molecule has 1 saturated heterocycles. The Kier molecular flexibility index (Phi) is 7.24. The van der Waals surface area contributed by atoms with Crippen LogP contribution < -0.4 is 14.5 Å². The lowest BCUT2D eigenvalue weighted by Crippen LogP contribution is -3.15. The molecule has 0 radical (unpaired) electrons. The van der Waals surface area contributed by atoms with Crippen LogP contribution in [0.15, 0.2) is 64.6 Å². The van der Waals surface area contributed by atoms with Crippen LogP contribution in [0.3, 0.4) is 0 Å². The zero-order valence-electron chi connectivity index (χ0n) is 16.8. The van der Waals surface area contributed by atoms with Gasteiger partial charge in [-0.25, -0.2) is 0 Å². The van der Waals surface area contributed by atoms with Gasteiger partial charge in [-0.05, 0) is 38.1 Å². The minimum Gasteiger partial charge on any atom is -0.494 e. The fraction of sp³-hybridized carbons (Fsp3) is 0.381. The predicted molar refractivity (Wildman–Crippen MR) is 112 cm³/mol. The summed E-state index contributed by atoms with van der Waals surface area (Å²) >= 11 is 0. The average Bonchev–Trinajstić information content (AvgIpc) is 2.75. The van der Waals surface area contributed by atoms with Gasteiger partial charge in [0.2, 0.25) is 0 Å². The summed E-state index contributed by atoms with van der Waals surface area (Å²) in [6.45, 7) is 7.33. The summed E-state index contributed by atoms with van der Waals surface area (Å²) in [7, 11) is -3.76. The third kappa shape index (κ3) is 5.56. The van der Waals surface area contributed by atoms with E-state index in [0.717, 1.165) is 18.7 Å². The van der Waals surface area contributed by atoms with E-state index in [-0.39, 0.29) is 10.9 Å². The lowest BCUT2D eigenvalue weighted by Gasteiger charge is -2.31. The highest BCUT2D eigenvalue weighted by atomic mass is 32.2. The van der Waals surface area contributed by atoms with E-state index in [4.69, 9.17) is 9.47 Å². The predicted octanol–water partition coefficient (Wildman–Crippen LogP) is 1.40. The number of benzene rings is 2. The van der Waals surface area contributed by atoms with E-state index in [1.165, 1.54) is 17.0 Å². The molecule has 0 saturated carbocycles. The molecular formula is C21H28N3O4S+. The number of nitrogens with zero attached hydrogens (tertiary/aromatic N) is 1. The Bertz CT molecular complexity index is 909. The van der Waals surface area contributed by atoms with E-state index >= 15 is 0 Å². The summed E-state index contributed by atoms with van der Waals surface area (Å²) < 4.78 is 36.2. The largest absolute Gasteiger partial charge is 0.494 e. The molecule has 29 heavy (non-hydrogen) atoms. The number of rotatable bonds is 8. The quantitative estimate of drug-likeness (QED) is 0.502. The second-order valence-corrected chi connectivity index (χ2v) is 8.53. The van der Waals surface area contributed by atoms with Gasteiger partial charge in [0.15, 0.2) is 6.04 Å². The Labute approximate surface area is 172 Å². The van der Waals surface area contributed by atoms with Gasteiger partial charge < -0.3 is 14.4 Å². The second kappa shape index (κ2) is 9.87. The highest BCUT2D eigenvalue weighted by Gasteiger charge is 2.29. The molecule has 2 N–H and O–H groups in total. The monoisotopic (exact) mass is 418 g/mol. The molecule has 0 bridgehead atoms. The van der Waals surface area contributed by atoms with E-state index in [0.29, 0.717) is 31.3 Å². The van der Waals surface area contributed by atoms with E-state index in [1.807, 2.05) is 44.2 Å². The minimum absolute atomic E-state index is 0.0388. The molecule has 1 heterocycles. The number of hydrazone groups is 1. The lowest BCUT2D eigenvalue weighted by molar-refractivity contribution is -0.928. The van der Waals surface area contributed by atoms with Gasteiger partial charge in [0.25, 0.3) is 10.0 Å². The Morgan fingerprint density at radius 3 is 2.41 bits per heavy atom. The molecule has 1 aliphatic heterocycles. The molecule has 3 rings (SSSR count). The number of quaternary nitrogens is 1. The van der Waals surface area contributed by atoms with Gasteiger partial charge >= 0.3 is 0 Å². The first-order chi connectivity index (χ1) is 14.0. The number of nitrogens with one attached hydrogen (secondary N) is 2. The van der Waals surface area contributed by atoms with Crippen LogP contribution in [0, 0.1) is 0 Å². The fourth-order valence-corrected chi connectivity index (χ4v) is 4.34. The van der Waals surface area contributed by atoms with Crippen molar-refractivity contribution in [1.82, 2.24) is 4.83 Å². The number of sulfonamides is 1. The number of ether oxygens (including phenoxy) is 2. The number of hydrogen-bond donors (Lipinski definition) is 2. The van der Waals surface area contributed by atoms with Gasteiger partial charge in [-0.1, -0.05) is 30.3 Å². The molecule has 0 amide bonds. The lowest BCUT2D eigenvalue weighted by atomic mass is 10.0. The van der Waals surface area contributed by atoms with Crippen LogP contribution in [0.25, 0.3) is 0 Å². The van der Waals surface area contributed by atoms with Crippen LogP contribution >= 0.6 is 0 Å². The molecule has 8 heteroatoms. The summed E-state index contributed by atoms with van der Waals surface area (Å²) in [5.41, 5.74) is 1.81. The van der Waals surface area contributed by atoms with Crippen LogP contribution in [-0.2, 0) is 14.8 Å². The first-order valence-corrected chi connectivity index (χ1v) is 11.3. The third-order valence-electron chi connectivity index (χ3n) is 4.88. The maximum Gasteiger partial charge on any atom is 0.276 e. The molecule has 0 unspecified atom stereocenters. The van der Waals surface area contributed by atoms with Crippen molar-refractivity contribution in [3.05, 3.63) is 60.2 Å². The van der Waals surface area contributed by atoms with Crippen molar-refractivity contribution < 1.29 is 22.8 Å². The smallest absolute Gasteiger partial charge is 0.276 e. The first-order valence-electron chi connectivity index (χ1n) is 9.77. The van der Waals surface area contributed by atoms with E-state index in [2.05, 4.69) is 9.93 Å². The van der Waals surface area contributed by atoms with Gasteiger partial charge in [-0.3, -0.25) is 0 Å². The van der Waals surface area contributed by atoms with Crippen LogP contribution in [0.5, 0.6) is 5.75 Å². The molecule has 1 aliphatic rings. The van der Waals surface area contributed by atoms with Crippen molar-refractivity contribution >= 4 is 15.7 Å². The maximum absolute atomic E-state index is 12.7. The highest BCUT2D eigenvalue weighted by molar-refractivity contribution is 7.89. The standard InChI is InChI=1S/C21H27N3O4S/c1-3-28-19-9-11-20(12-10-19)29(25,26)23-22-17(2)21(18-7-5-4-6-8-18)24-13-15-27-16-14-24/h4-12,21,23H,3,13-16H2,1-2H3/p+1/b22-17-/t21-/m0/s1. The van der Waals surface area contributed by atoms with Crippen LogP contribution in [0.4, 0.5) is 0 Å². The zero-order chi connectivity index (χ0) is 20.7. The number of morpholine rings is 1. The fourth-order valence-electron chi connectivity index (χ4n) is 3.47. The van der Waals surface area contributed by atoms with Crippen LogP contribution in [-0.4, -0.2) is 47.0 Å². The van der Waals surface area contributed by atoms with Crippen molar-refractivity contribution in [2.75, 3.05) is 32.9 Å². The molecule has 156 valence electrons. The zero-order valence-corrected chi connectivity index (χ0v) is 17.6. The summed E-state index contributed by atoms with van der Waals surface area (Å²) in [5.74, 6) is 0.631. The van der Waals surface area contributed by atoms with Crippen molar-refractivity contribution in [3.8, 4) is 5.75 Å². The van der Waals surface area contributed by atoms with Crippen LogP contribution in [0.2, 0.25) is 0 Å². The maximum atomic E-state index is 12.7. The molecule has 2 aromatic rings. The van der Waals surface area contributed by atoms with Crippen molar-refractivity contribution in [1.29, 1.82) is 0 Å². The summed E-state index contributed by atoms with van der Waals surface area (Å²) in [6, 6.07) is 16.3. The number of hydrogen-bond acceptors (Lipinski definition) is 5. The average molecular weight is 419 g/mol. The topological polar surface area (TPSA) is 81.4 Å². The molecule has 0 spiro atoms. The SMILES string of the molecule is CCOc1ccc(S(=O)(=O)N/N=C(/C)[C@@H](c2ccccc2)[NH+]2CCOCC2)cc1. The minimum atomic E-state index is -3.76. The summed E-state index contributed by atoms with van der Waals surface area (Å²) in [4.78, 5) is 3.85. The van der Waals surface area contributed by atoms with Crippen LogP contribution in [0.1, 0.15) is 25.5 Å². The van der Waals surface area contributed by atoms with E-state index < -0.39 is 10.0 Å². The molecule has 1 atom stereocenters. The Morgan fingerprint density at radius 1 is 1.14 bits per heavy atom. The van der Waals surface area contributed by atoms with E-state index in [9.17, 15) is 8.42 Å². The second-order valence-electron chi connectivity index (χ2n) is 6.87. The van der Waals surface area contributed by atoms with Crippen molar-refractivity contribution in [2.24, 2.45) is 5.10 Å². The van der Waals surface area contributed by atoms with Crippen molar-refractivity contribution in [2.45, 2.75) is 24.8 Å². The van der Waals surface area contributed by atoms with E-state index in [1.54, 1.807) is 12.1 Å². The van der Waals surface area contributed by atoms with Gasteiger partial charge in [0.05, 0.1) is 30.4 Å². The van der Waals surface area contributed by atoms with Gasteiger partial charge in [-0.2, -0.15) is 18.4 Å². The molecule has 1 fully saturated rings. The Balaban J connectivity index is 1.80. The van der Waals surface area contributed by atoms with Gasteiger partial charge in [-0.15, -0.1) is 0 Å². The summed E-state index contributed by atoms with van der Waals surface area (Å²) in [5, 5.41) is 4.27. The van der Waals surface area contributed by atoms with Gasteiger partial charge in [0, 0.05) is 5.56 Å². The molecule has 0 aromatic heterocycles. The molecular weight excluding hydrogens is 390 g/mol. The highest BCUT2D eigenvalue weighted by Crippen LogP contribution is 2.16. The Hall–Kier alpha value is -2.42. The third-order valence-corrected chi connectivity index (χ3v) is 6.11. The van der Waals surface area contributed by atoms with Gasteiger partial charge in [0.1, 0.15) is 18.8 Å².